The molecule has 0 saturated carbocycles. The smallest absolute Gasteiger partial charge is 0.387 e. The zero-order valence-corrected chi connectivity index (χ0v) is 12.4. The maximum Gasteiger partial charge on any atom is 0.387 e. The Bertz CT molecular complexity index is 453. The van der Waals surface area contributed by atoms with E-state index in [-0.39, 0.29) is 18.0 Å². The van der Waals surface area contributed by atoms with E-state index < -0.39 is 6.61 Å². The minimum Gasteiger partial charge on any atom is -0.434 e. The molecule has 0 radical (unpaired) electrons. The molecule has 1 aliphatic rings. The van der Waals surface area contributed by atoms with Crippen LogP contribution in [0.25, 0.3) is 0 Å². The molecule has 0 aromatic heterocycles. The fraction of sp³-hybridized carbons (Fsp3) is 0.600. The number of alkyl halides is 2. The Hall–Kier alpha value is -0.870. The Balaban J connectivity index is 2.16. The Morgan fingerprint density at radius 2 is 2.15 bits per heavy atom. The average molecular weight is 305 g/mol. The van der Waals surface area contributed by atoms with Crippen LogP contribution in [-0.4, -0.2) is 12.7 Å². The lowest BCUT2D eigenvalue weighted by Gasteiger charge is -2.20. The van der Waals surface area contributed by atoms with Crippen LogP contribution in [0.4, 0.5) is 8.78 Å². The number of rotatable bonds is 5. The van der Waals surface area contributed by atoms with E-state index in [1.165, 1.54) is 6.07 Å². The molecule has 20 heavy (non-hydrogen) atoms. The molecule has 1 aromatic carbocycles. The van der Waals surface area contributed by atoms with E-state index in [0.29, 0.717) is 16.5 Å². The average Bonchev–Trinajstić information content (AvgIpc) is 2.86. The molecule has 3 atom stereocenters. The lowest BCUT2D eigenvalue weighted by Crippen LogP contribution is -2.16. The van der Waals surface area contributed by atoms with Crippen molar-refractivity contribution in [2.24, 2.45) is 5.92 Å². The quantitative estimate of drug-likeness (QED) is 0.743. The van der Waals surface area contributed by atoms with Gasteiger partial charge in [0.1, 0.15) is 5.75 Å². The minimum atomic E-state index is -2.86. The van der Waals surface area contributed by atoms with Gasteiger partial charge in [-0.3, -0.25) is 0 Å². The van der Waals surface area contributed by atoms with E-state index in [9.17, 15) is 8.78 Å². The summed E-state index contributed by atoms with van der Waals surface area (Å²) in [7, 11) is 0. The molecule has 2 nitrogen and oxygen atoms in total. The zero-order valence-electron chi connectivity index (χ0n) is 11.6. The third-order valence-electron chi connectivity index (χ3n) is 3.87. The van der Waals surface area contributed by atoms with Gasteiger partial charge in [-0.25, -0.2) is 0 Å². The fourth-order valence-electron chi connectivity index (χ4n) is 2.55. The van der Waals surface area contributed by atoms with E-state index in [0.717, 1.165) is 19.3 Å². The van der Waals surface area contributed by atoms with E-state index in [4.69, 9.17) is 16.3 Å². The molecule has 0 amide bonds. The molecule has 1 saturated heterocycles. The molecule has 5 heteroatoms. The Labute approximate surface area is 123 Å². The third-order valence-corrected chi connectivity index (χ3v) is 4.10. The molecule has 1 fully saturated rings. The molecular formula is C15H19ClF2O2. The predicted molar refractivity (Wildman–Crippen MR) is 74.4 cm³/mol. The molecule has 2 rings (SSSR count). The summed E-state index contributed by atoms with van der Waals surface area (Å²) in [6.45, 7) is 1.40. The first kappa shape index (κ1) is 15.5. The first-order valence-electron chi connectivity index (χ1n) is 6.91. The molecule has 0 bridgehead atoms. The van der Waals surface area contributed by atoms with E-state index in [1.807, 2.05) is 0 Å². The van der Waals surface area contributed by atoms with Crippen molar-refractivity contribution < 1.29 is 18.3 Å². The summed E-state index contributed by atoms with van der Waals surface area (Å²) in [4.78, 5) is 0. The summed E-state index contributed by atoms with van der Waals surface area (Å²) in [6, 6.07) is 4.81. The number of hydrogen-bond acceptors (Lipinski definition) is 2. The molecule has 0 aliphatic carbocycles. The molecule has 1 aliphatic heterocycles. The van der Waals surface area contributed by atoms with Gasteiger partial charge in [0.15, 0.2) is 0 Å². The van der Waals surface area contributed by atoms with Gasteiger partial charge in [0, 0.05) is 10.6 Å². The van der Waals surface area contributed by atoms with E-state index >= 15 is 0 Å². The fourth-order valence-corrected chi connectivity index (χ4v) is 2.71. The summed E-state index contributed by atoms with van der Waals surface area (Å²) in [5.41, 5.74) is 0.653. The maximum atomic E-state index is 12.5. The van der Waals surface area contributed by atoms with Crippen molar-refractivity contribution in [3.63, 3.8) is 0 Å². The summed E-state index contributed by atoms with van der Waals surface area (Å²) in [5, 5.41) is 0.376. The van der Waals surface area contributed by atoms with Crippen molar-refractivity contribution in [2.45, 2.75) is 51.9 Å². The Morgan fingerprint density at radius 3 is 2.80 bits per heavy atom. The van der Waals surface area contributed by atoms with Gasteiger partial charge in [-0.1, -0.05) is 37.9 Å². The van der Waals surface area contributed by atoms with Crippen molar-refractivity contribution in [1.82, 2.24) is 0 Å². The van der Waals surface area contributed by atoms with Crippen LogP contribution in [0.5, 0.6) is 5.75 Å². The lowest BCUT2D eigenvalue weighted by molar-refractivity contribution is -0.0531. The maximum absolute atomic E-state index is 12.5. The lowest BCUT2D eigenvalue weighted by atomic mass is 9.98. The van der Waals surface area contributed by atoms with Gasteiger partial charge in [0.25, 0.3) is 0 Å². The van der Waals surface area contributed by atoms with Gasteiger partial charge in [0.2, 0.25) is 0 Å². The van der Waals surface area contributed by atoms with Crippen molar-refractivity contribution in [3.05, 3.63) is 28.8 Å². The van der Waals surface area contributed by atoms with Crippen molar-refractivity contribution in [1.29, 1.82) is 0 Å². The molecule has 1 heterocycles. The van der Waals surface area contributed by atoms with Crippen LogP contribution in [-0.2, 0) is 4.74 Å². The molecule has 112 valence electrons. The zero-order chi connectivity index (χ0) is 14.7. The normalized spacial score (nSPS) is 24.1. The monoisotopic (exact) mass is 304 g/mol. The SMILES string of the molecule is CC[C@@H](C)[C@@H]1CC[C@H](c2ccc(Cl)cc2OC(F)F)O1. The highest BCUT2D eigenvalue weighted by Crippen LogP contribution is 2.41. The minimum absolute atomic E-state index is 0.113. The van der Waals surface area contributed by atoms with Crippen molar-refractivity contribution >= 4 is 11.6 Å². The number of benzene rings is 1. The first-order chi connectivity index (χ1) is 9.51. The molecule has 0 N–H and O–H groups in total. The van der Waals surface area contributed by atoms with Gasteiger partial charge in [-0.15, -0.1) is 0 Å². The summed E-state index contributed by atoms with van der Waals surface area (Å²) >= 11 is 5.84. The topological polar surface area (TPSA) is 18.5 Å². The third kappa shape index (κ3) is 3.61. The van der Waals surface area contributed by atoms with Crippen LogP contribution in [0.1, 0.15) is 44.8 Å². The van der Waals surface area contributed by atoms with Crippen molar-refractivity contribution in [2.75, 3.05) is 0 Å². The standard InChI is InChI=1S/C15H19ClF2O2/c1-3-9(2)12-6-7-13(19-12)11-5-4-10(16)8-14(11)20-15(17)18/h4-5,8-9,12-13,15H,3,6-7H2,1-2H3/t9-,12+,13-/m1/s1. The largest absolute Gasteiger partial charge is 0.434 e. The molecule has 0 unspecified atom stereocenters. The number of hydrogen-bond donors (Lipinski definition) is 0. The number of ether oxygens (including phenoxy) is 2. The second-order valence-electron chi connectivity index (χ2n) is 5.19. The highest BCUT2D eigenvalue weighted by Gasteiger charge is 2.31. The van der Waals surface area contributed by atoms with Gasteiger partial charge >= 0.3 is 6.61 Å². The second kappa shape index (κ2) is 6.72. The molecule has 1 aromatic rings. The van der Waals surface area contributed by atoms with Gasteiger partial charge in [0.05, 0.1) is 12.2 Å². The summed E-state index contributed by atoms with van der Waals surface area (Å²) < 4.78 is 35.5. The first-order valence-corrected chi connectivity index (χ1v) is 7.28. The second-order valence-corrected chi connectivity index (χ2v) is 5.62. The van der Waals surface area contributed by atoms with Crippen molar-refractivity contribution in [3.8, 4) is 5.75 Å². The molecular weight excluding hydrogens is 286 g/mol. The van der Waals surface area contributed by atoms with Crippen LogP contribution in [0.3, 0.4) is 0 Å². The van der Waals surface area contributed by atoms with Gasteiger partial charge < -0.3 is 9.47 Å². The van der Waals surface area contributed by atoms with Crippen LogP contribution < -0.4 is 4.74 Å². The highest BCUT2D eigenvalue weighted by molar-refractivity contribution is 6.30. The Kier molecular flexibility index (Phi) is 5.22. The predicted octanol–water partition coefficient (Wildman–Crippen LogP) is 5.21. The van der Waals surface area contributed by atoms with E-state index in [1.54, 1.807) is 12.1 Å². The van der Waals surface area contributed by atoms with E-state index in [2.05, 4.69) is 18.6 Å². The van der Waals surface area contributed by atoms with Crippen LogP contribution >= 0.6 is 11.6 Å². The van der Waals surface area contributed by atoms with Gasteiger partial charge in [-0.05, 0) is 30.9 Å². The summed E-state index contributed by atoms with van der Waals surface area (Å²) in [6.07, 6.45) is 2.78. The van der Waals surface area contributed by atoms with Gasteiger partial charge in [-0.2, -0.15) is 8.78 Å². The summed E-state index contributed by atoms with van der Waals surface area (Å²) in [5.74, 6) is 0.578. The van der Waals surface area contributed by atoms with Crippen LogP contribution in [0, 0.1) is 5.92 Å². The Morgan fingerprint density at radius 1 is 1.40 bits per heavy atom. The van der Waals surface area contributed by atoms with Crippen LogP contribution in [0.2, 0.25) is 5.02 Å². The van der Waals surface area contributed by atoms with Crippen LogP contribution in [0.15, 0.2) is 18.2 Å². The highest BCUT2D eigenvalue weighted by atomic mass is 35.5. The number of halogens is 3. The molecule has 0 spiro atoms.